The average Bonchev–Trinajstić information content (AvgIpc) is 2.59. The van der Waals surface area contributed by atoms with Crippen molar-refractivity contribution in [1.82, 2.24) is 15.5 Å². The van der Waals surface area contributed by atoms with Gasteiger partial charge in [0.15, 0.2) is 5.96 Å². The van der Waals surface area contributed by atoms with Gasteiger partial charge in [0.1, 0.15) is 0 Å². The lowest BCUT2D eigenvalue weighted by molar-refractivity contribution is 0.180. The second-order valence-electron chi connectivity index (χ2n) is 5.38. The third kappa shape index (κ3) is 12.7. The van der Waals surface area contributed by atoms with E-state index in [9.17, 15) is 0 Å². The normalized spacial score (nSPS) is 11.3. The molecule has 25 heavy (non-hydrogen) atoms. The smallest absolute Gasteiger partial charge is 0.191 e. The molecule has 144 valence electrons. The molecule has 0 aliphatic carbocycles. The van der Waals surface area contributed by atoms with Crippen LogP contribution in [0.3, 0.4) is 0 Å². The summed E-state index contributed by atoms with van der Waals surface area (Å²) in [5.41, 5.74) is 0. The van der Waals surface area contributed by atoms with Gasteiger partial charge in [-0.3, -0.25) is 4.99 Å². The number of rotatable bonds is 11. The lowest BCUT2D eigenvalue weighted by atomic mass is 10.4. The summed E-state index contributed by atoms with van der Waals surface area (Å²) in [5, 5.41) is 7.44. The van der Waals surface area contributed by atoms with Crippen LogP contribution in [0.5, 0.6) is 0 Å². The fourth-order valence-electron chi connectivity index (χ4n) is 2.05. The highest BCUT2D eigenvalue weighted by molar-refractivity contribution is 14.0. The Bertz CT molecular complexity index is 476. The largest absolute Gasteiger partial charge is 0.385 e. The fourth-order valence-corrected chi connectivity index (χ4v) is 2.94. The van der Waals surface area contributed by atoms with Crippen molar-refractivity contribution in [1.29, 1.82) is 0 Å². The van der Waals surface area contributed by atoms with E-state index in [-0.39, 0.29) is 24.0 Å². The minimum Gasteiger partial charge on any atom is -0.385 e. The number of hydrogen-bond donors (Lipinski definition) is 2. The maximum absolute atomic E-state index is 5.88. The SMILES string of the molecule is CN=C(NCCSc1ccc(Cl)cc1)NCCN(C)CCCOC.I. The zero-order chi connectivity index (χ0) is 17.6. The van der Waals surface area contributed by atoms with Gasteiger partial charge in [0.05, 0.1) is 0 Å². The van der Waals surface area contributed by atoms with Crippen LogP contribution in [0, 0.1) is 0 Å². The van der Waals surface area contributed by atoms with Gasteiger partial charge in [0.2, 0.25) is 0 Å². The molecule has 0 unspecified atom stereocenters. The van der Waals surface area contributed by atoms with Gasteiger partial charge >= 0.3 is 0 Å². The molecule has 0 aromatic heterocycles. The second-order valence-corrected chi connectivity index (χ2v) is 6.98. The molecule has 0 heterocycles. The first kappa shape index (κ1) is 24.8. The highest BCUT2D eigenvalue weighted by Gasteiger charge is 2.01. The summed E-state index contributed by atoms with van der Waals surface area (Å²) in [7, 11) is 5.66. The van der Waals surface area contributed by atoms with Crippen molar-refractivity contribution >= 4 is 53.3 Å². The van der Waals surface area contributed by atoms with E-state index >= 15 is 0 Å². The Kier molecular flexibility index (Phi) is 15.8. The second kappa shape index (κ2) is 16.0. The van der Waals surface area contributed by atoms with E-state index < -0.39 is 0 Å². The monoisotopic (exact) mass is 500 g/mol. The van der Waals surface area contributed by atoms with Crippen molar-refractivity contribution in [2.24, 2.45) is 4.99 Å². The number of benzene rings is 1. The first-order chi connectivity index (χ1) is 11.7. The fraction of sp³-hybridized carbons (Fsp3) is 0.588. The van der Waals surface area contributed by atoms with Crippen molar-refractivity contribution in [3.63, 3.8) is 0 Å². The van der Waals surface area contributed by atoms with Crippen molar-refractivity contribution in [2.75, 3.05) is 59.7 Å². The van der Waals surface area contributed by atoms with Crippen LogP contribution in [0.2, 0.25) is 5.02 Å². The number of halogens is 2. The summed E-state index contributed by atoms with van der Waals surface area (Å²) in [4.78, 5) is 7.76. The first-order valence-electron chi connectivity index (χ1n) is 8.16. The molecule has 1 aromatic carbocycles. The molecule has 8 heteroatoms. The number of likely N-dealkylation sites (N-methyl/N-ethyl adjacent to an activating group) is 1. The number of methoxy groups -OCH3 is 1. The van der Waals surface area contributed by atoms with E-state index in [2.05, 4.69) is 27.6 Å². The number of aliphatic imine (C=N–C) groups is 1. The van der Waals surface area contributed by atoms with Crippen LogP contribution >= 0.6 is 47.3 Å². The molecular formula is C17H30ClIN4OS. The Morgan fingerprint density at radius 1 is 1.20 bits per heavy atom. The number of nitrogens with zero attached hydrogens (tertiary/aromatic N) is 2. The standard InChI is InChI=1S/C17H29ClN4OS.HI/c1-19-17(20-9-12-22(2)11-4-13-23-3)21-10-14-24-16-7-5-15(18)6-8-16;/h5-8H,4,9-14H2,1-3H3,(H2,19,20,21);1H. The molecule has 0 fully saturated rings. The summed E-state index contributed by atoms with van der Waals surface area (Å²) in [6.45, 7) is 4.56. The van der Waals surface area contributed by atoms with Crippen LogP contribution in [0.4, 0.5) is 0 Å². The first-order valence-corrected chi connectivity index (χ1v) is 9.52. The van der Waals surface area contributed by atoms with Crippen LogP contribution in [0.15, 0.2) is 34.2 Å². The Hall–Kier alpha value is -0.220. The van der Waals surface area contributed by atoms with E-state index in [1.807, 2.05) is 24.3 Å². The van der Waals surface area contributed by atoms with Crippen molar-refractivity contribution in [3.05, 3.63) is 29.3 Å². The number of guanidine groups is 1. The van der Waals surface area contributed by atoms with Gasteiger partial charge in [-0.1, -0.05) is 11.6 Å². The molecule has 0 saturated heterocycles. The molecule has 0 saturated carbocycles. The van der Waals surface area contributed by atoms with Crippen LogP contribution in [-0.2, 0) is 4.74 Å². The average molecular weight is 501 g/mol. The molecule has 0 spiro atoms. The molecule has 0 aliphatic rings. The highest BCUT2D eigenvalue weighted by Crippen LogP contribution is 2.19. The van der Waals surface area contributed by atoms with Gasteiger partial charge < -0.3 is 20.3 Å². The Balaban J connectivity index is 0.00000576. The van der Waals surface area contributed by atoms with Crippen molar-refractivity contribution < 1.29 is 4.74 Å². The molecule has 0 bridgehead atoms. The van der Waals surface area contributed by atoms with E-state index in [1.54, 1.807) is 25.9 Å². The van der Waals surface area contributed by atoms with Crippen LogP contribution < -0.4 is 10.6 Å². The van der Waals surface area contributed by atoms with Crippen molar-refractivity contribution in [3.8, 4) is 0 Å². The predicted molar refractivity (Wildman–Crippen MR) is 121 cm³/mol. The van der Waals surface area contributed by atoms with E-state index in [4.69, 9.17) is 16.3 Å². The molecule has 0 aliphatic heterocycles. The zero-order valence-corrected chi connectivity index (χ0v) is 19.2. The van der Waals surface area contributed by atoms with Crippen molar-refractivity contribution in [2.45, 2.75) is 11.3 Å². The lowest BCUT2D eigenvalue weighted by Gasteiger charge is -2.18. The summed E-state index contributed by atoms with van der Waals surface area (Å²) in [6.07, 6.45) is 1.06. The molecule has 1 aromatic rings. The van der Waals surface area contributed by atoms with Crippen LogP contribution in [0.25, 0.3) is 0 Å². The van der Waals surface area contributed by atoms with Crippen LogP contribution in [-0.4, -0.2) is 70.6 Å². The lowest BCUT2D eigenvalue weighted by Crippen LogP contribution is -2.41. The van der Waals surface area contributed by atoms with E-state index in [0.717, 1.165) is 55.9 Å². The quantitative estimate of drug-likeness (QED) is 0.161. The minimum absolute atomic E-state index is 0. The van der Waals surface area contributed by atoms with Gasteiger partial charge in [-0.25, -0.2) is 0 Å². The number of ether oxygens (including phenoxy) is 1. The maximum atomic E-state index is 5.88. The summed E-state index contributed by atoms with van der Waals surface area (Å²) >= 11 is 7.68. The van der Waals surface area contributed by atoms with Gasteiger partial charge in [-0.15, -0.1) is 35.7 Å². The van der Waals surface area contributed by atoms with E-state index in [0.29, 0.717) is 0 Å². The Labute approximate surface area is 178 Å². The topological polar surface area (TPSA) is 48.9 Å². The van der Waals surface area contributed by atoms with Gasteiger partial charge in [-0.2, -0.15) is 0 Å². The zero-order valence-electron chi connectivity index (χ0n) is 15.3. The number of nitrogens with one attached hydrogen (secondary N) is 2. The van der Waals surface area contributed by atoms with E-state index in [1.165, 1.54) is 4.90 Å². The highest BCUT2D eigenvalue weighted by atomic mass is 127. The van der Waals surface area contributed by atoms with Crippen LogP contribution in [0.1, 0.15) is 6.42 Å². The molecule has 0 radical (unpaired) electrons. The van der Waals surface area contributed by atoms with Gasteiger partial charge in [0.25, 0.3) is 0 Å². The Morgan fingerprint density at radius 2 is 1.88 bits per heavy atom. The molecule has 2 N–H and O–H groups in total. The summed E-state index contributed by atoms with van der Waals surface area (Å²) < 4.78 is 5.07. The predicted octanol–water partition coefficient (Wildman–Crippen LogP) is 3.18. The molecule has 1 rings (SSSR count). The van der Waals surface area contributed by atoms with Gasteiger partial charge in [0, 0.05) is 62.6 Å². The molecule has 0 atom stereocenters. The molecule has 5 nitrogen and oxygen atoms in total. The number of hydrogen-bond acceptors (Lipinski definition) is 4. The molecular weight excluding hydrogens is 471 g/mol. The number of thioether (sulfide) groups is 1. The Morgan fingerprint density at radius 3 is 2.52 bits per heavy atom. The minimum atomic E-state index is 0. The third-order valence-corrected chi connectivity index (χ3v) is 4.64. The molecule has 0 amide bonds. The summed E-state index contributed by atoms with van der Waals surface area (Å²) in [6, 6.07) is 7.92. The summed E-state index contributed by atoms with van der Waals surface area (Å²) in [5.74, 6) is 1.82. The third-order valence-electron chi connectivity index (χ3n) is 3.37. The maximum Gasteiger partial charge on any atom is 0.191 e. The van der Waals surface area contributed by atoms with Gasteiger partial charge in [-0.05, 0) is 37.7 Å².